The molecule has 0 saturated heterocycles. The first-order valence-corrected chi connectivity index (χ1v) is 20.8. The van der Waals surface area contributed by atoms with Gasteiger partial charge in [-0.2, -0.15) is 0 Å². The van der Waals surface area contributed by atoms with E-state index in [1.807, 2.05) is 34.0 Å². The number of hydrogen-bond acceptors (Lipinski definition) is 3. The van der Waals surface area contributed by atoms with Crippen LogP contribution in [0.3, 0.4) is 0 Å². The van der Waals surface area contributed by atoms with E-state index in [0.717, 1.165) is 12.8 Å². The number of rotatable bonds is 16. The topological polar surface area (TPSA) is 0 Å². The molecule has 2 aromatic carbocycles. The minimum absolute atomic E-state index is 0.0696. The average Bonchev–Trinajstić information content (AvgIpc) is 3.91. The Balaban J connectivity index is 1.18. The third-order valence-corrected chi connectivity index (χ3v) is 14.1. The van der Waals surface area contributed by atoms with Crippen LogP contribution in [0, 0.1) is 0 Å². The Morgan fingerprint density at radius 2 is 1.20 bits per heavy atom. The van der Waals surface area contributed by atoms with Crippen molar-refractivity contribution in [3.63, 3.8) is 0 Å². The zero-order chi connectivity index (χ0) is 31.3. The highest BCUT2D eigenvalue weighted by atomic mass is 32.1. The van der Waals surface area contributed by atoms with Gasteiger partial charge in [0, 0.05) is 24.9 Å². The maximum atomic E-state index is 2.64. The molecular weight excluding hydrogens is 613 g/mol. The molecule has 0 aliphatic heterocycles. The van der Waals surface area contributed by atoms with Crippen molar-refractivity contribution in [2.24, 2.45) is 0 Å². The second-order valence-electron chi connectivity index (χ2n) is 13.9. The summed E-state index contributed by atoms with van der Waals surface area (Å²) in [7, 11) is 0. The van der Waals surface area contributed by atoms with Gasteiger partial charge in [-0.1, -0.05) is 121 Å². The van der Waals surface area contributed by atoms with Gasteiger partial charge in [-0.15, -0.1) is 34.0 Å². The van der Waals surface area contributed by atoms with Crippen molar-refractivity contribution in [3.05, 3.63) is 105 Å². The number of unbranched alkanes of at least 4 members (excludes halogenated alkanes) is 10. The summed E-state index contributed by atoms with van der Waals surface area (Å²) in [5, 5.41) is 4.69. The monoisotopic (exact) mass is 662 g/mol. The van der Waals surface area contributed by atoms with Crippen molar-refractivity contribution in [2.45, 2.75) is 122 Å². The molecule has 0 bridgehead atoms. The van der Waals surface area contributed by atoms with Gasteiger partial charge in [-0.25, -0.2) is 0 Å². The molecule has 1 spiro atoms. The van der Waals surface area contributed by atoms with Gasteiger partial charge >= 0.3 is 0 Å². The molecule has 3 heterocycles. The molecule has 0 amide bonds. The first-order chi connectivity index (χ1) is 22.7. The normalized spacial score (nSPS) is 14.2. The molecule has 0 N–H and O–H groups in total. The molecule has 46 heavy (non-hydrogen) atoms. The Hall–Kier alpha value is -2.46. The Bertz CT molecular complexity index is 1660. The summed E-state index contributed by atoms with van der Waals surface area (Å²) >= 11 is 5.80. The van der Waals surface area contributed by atoms with E-state index in [1.165, 1.54) is 121 Å². The standard InChI is InChI=1S/C43H50S3/c1-3-5-7-9-11-13-16-31-19-21-34-35-22-20-32(17-14-12-10-8-6-4-2)27-38(35)43(37(34)26-31)28-33-30-45-42(36(33)29-43)41-24-23-40(46-41)39-18-15-25-44-39/h15,18-27,30H,3-14,16-17,28-29H2,1-2H3. The fourth-order valence-electron chi connectivity index (χ4n) is 8.17. The minimum Gasteiger partial charge on any atom is -0.143 e. The Labute approximate surface area is 290 Å². The highest BCUT2D eigenvalue weighted by Crippen LogP contribution is 2.58. The summed E-state index contributed by atoms with van der Waals surface area (Å²) in [6.45, 7) is 4.62. The molecule has 240 valence electrons. The summed E-state index contributed by atoms with van der Waals surface area (Å²) in [6.07, 6.45) is 21.0. The third-order valence-electron chi connectivity index (χ3n) is 10.7. The predicted octanol–water partition coefficient (Wildman–Crippen LogP) is 14.1. The molecule has 0 radical (unpaired) electrons. The lowest BCUT2D eigenvalue weighted by Gasteiger charge is -2.28. The van der Waals surface area contributed by atoms with Crippen LogP contribution in [0.2, 0.25) is 0 Å². The Morgan fingerprint density at radius 1 is 0.587 bits per heavy atom. The lowest BCUT2D eigenvalue weighted by molar-refractivity contribution is 0.560. The molecule has 3 heteroatoms. The highest BCUT2D eigenvalue weighted by molar-refractivity contribution is 7.25. The summed E-state index contributed by atoms with van der Waals surface area (Å²) in [4.78, 5) is 5.74. The van der Waals surface area contributed by atoms with E-state index >= 15 is 0 Å². The molecule has 5 aromatic rings. The fourth-order valence-corrected chi connectivity index (χ4v) is 11.3. The number of thiophene rings is 3. The minimum atomic E-state index is 0.0696. The average molecular weight is 663 g/mol. The second kappa shape index (κ2) is 14.8. The zero-order valence-corrected chi connectivity index (χ0v) is 30.4. The summed E-state index contributed by atoms with van der Waals surface area (Å²) in [5.74, 6) is 0. The second-order valence-corrected chi connectivity index (χ2v) is 16.9. The SMILES string of the molecule is CCCCCCCCc1ccc2c(c1)C1(Cc3csc(-c4ccc(-c5cccs5)s4)c3C1)c1cc(CCCCCCCC)ccc1-2. The highest BCUT2D eigenvalue weighted by Gasteiger charge is 2.48. The van der Waals surface area contributed by atoms with Crippen LogP contribution in [0.5, 0.6) is 0 Å². The van der Waals surface area contributed by atoms with Gasteiger partial charge in [0.05, 0.1) is 0 Å². The van der Waals surface area contributed by atoms with Gasteiger partial charge in [0.25, 0.3) is 0 Å². The smallest absolute Gasteiger partial charge is 0.0478 e. The molecular formula is C43H50S3. The van der Waals surface area contributed by atoms with Crippen LogP contribution in [0.4, 0.5) is 0 Å². The van der Waals surface area contributed by atoms with Gasteiger partial charge in [-0.3, -0.25) is 0 Å². The molecule has 0 fully saturated rings. The summed E-state index contributed by atoms with van der Waals surface area (Å²) in [6, 6.07) is 24.3. The summed E-state index contributed by atoms with van der Waals surface area (Å²) < 4.78 is 0. The summed E-state index contributed by atoms with van der Waals surface area (Å²) in [5.41, 5.74) is 12.6. The molecule has 0 saturated carbocycles. The van der Waals surface area contributed by atoms with Gasteiger partial charge in [-0.05, 0) is 112 Å². The number of fused-ring (bicyclic) bond motifs is 6. The Morgan fingerprint density at radius 3 is 1.80 bits per heavy atom. The zero-order valence-electron chi connectivity index (χ0n) is 28.0. The van der Waals surface area contributed by atoms with Crippen molar-refractivity contribution >= 4 is 34.0 Å². The quantitative estimate of drug-likeness (QED) is 0.0922. The first-order valence-electron chi connectivity index (χ1n) is 18.2. The van der Waals surface area contributed by atoms with Gasteiger partial charge in [0.15, 0.2) is 0 Å². The molecule has 2 aliphatic rings. The molecule has 0 atom stereocenters. The molecule has 2 aliphatic carbocycles. The van der Waals surface area contributed by atoms with E-state index in [4.69, 9.17) is 0 Å². The molecule has 3 aromatic heterocycles. The van der Waals surface area contributed by atoms with Crippen molar-refractivity contribution in [1.82, 2.24) is 0 Å². The number of hydrogen-bond donors (Lipinski definition) is 0. The largest absolute Gasteiger partial charge is 0.143 e. The first kappa shape index (κ1) is 32.1. The molecule has 0 unspecified atom stereocenters. The molecule has 0 nitrogen and oxygen atoms in total. The lowest BCUT2D eigenvalue weighted by Crippen LogP contribution is -2.26. The van der Waals surface area contributed by atoms with Crippen molar-refractivity contribution in [3.8, 4) is 30.6 Å². The maximum Gasteiger partial charge on any atom is 0.0478 e. The van der Waals surface area contributed by atoms with Gasteiger partial charge < -0.3 is 0 Å². The van der Waals surface area contributed by atoms with E-state index in [1.54, 1.807) is 33.4 Å². The van der Waals surface area contributed by atoms with Gasteiger partial charge in [0.1, 0.15) is 0 Å². The predicted molar refractivity (Wildman–Crippen MR) is 205 cm³/mol. The van der Waals surface area contributed by atoms with E-state index in [2.05, 4.69) is 85.3 Å². The van der Waals surface area contributed by atoms with Crippen LogP contribution in [0.1, 0.15) is 124 Å². The van der Waals surface area contributed by atoms with E-state index in [0.29, 0.717) is 0 Å². The van der Waals surface area contributed by atoms with Crippen LogP contribution in [-0.2, 0) is 31.1 Å². The van der Waals surface area contributed by atoms with Crippen LogP contribution in [0.25, 0.3) is 30.6 Å². The van der Waals surface area contributed by atoms with Crippen molar-refractivity contribution in [1.29, 1.82) is 0 Å². The Kier molecular flexibility index (Phi) is 10.3. The van der Waals surface area contributed by atoms with Gasteiger partial charge in [0.2, 0.25) is 0 Å². The van der Waals surface area contributed by atoms with Crippen LogP contribution in [0.15, 0.2) is 71.4 Å². The van der Waals surface area contributed by atoms with E-state index in [-0.39, 0.29) is 5.41 Å². The number of benzene rings is 2. The fraction of sp³-hybridized carbons (Fsp3) is 0.442. The van der Waals surface area contributed by atoms with Crippen LogP contribution in [-0.4, -0.2) is 0 Å². The van der Waals surface area contributed by atoms with Crippen molar-refractivity contribution < 1.29 is 0 Å². The van der Waals surface area contributed by atoms with Crippen LogP contribution >= 0.6 is 34.0 Å². The number of aryl methyl sites for hydroxylation is 2. The van der Waals surface area contributed by atoms with Crippen LogP contribution < -0.4 is 0 Å². The van der Waals surface area contributed by atoms with Crippen molar-refractivity contribution in [2.75, 3.05) is 0 Å². The van der Waals surface area contributed by atoms with E-state index < -0.39 is 0 Å². The van der Waals surface area contributed by atoms with E-state index in [9.17, 15) is 0 Å². The third kappa shape index (κ3) is 6.49. The maximum absolute atomic E-state index is 2.64. The lowest BCUT2D eigenvalue weighted by atomic mass is 9.74. The molecule has 7 rings (SSSR count).